The molecule has 1 heterocycles. The Kier molecular flexibility index (Phi) is 2.96. The molecule has 0 aliphatic heterocycles. The third-order valence-corrected chi connectivity index (χ3v) is 2.33. The summed E-state index contributed by atoms with van der Waals surface area (Å²) in [6, 6.07) is 4.47. The van der Waals surface area contributed by atoms with E-state index in [1.165, 1.54) is 12.1 Å². The molecule has 0 saturated carbocycles. The van der Waals surface area contributed by atoms with Crippen LogP contribution in [0.4, 0.5) is 4.39 Å². The Morgan fingerprint density at radius 3 is 2.94 bits per heavy atom. The molecule has 2 aromatic rings. The van der Waals surface area contributed by atoms with E-state index in [1.54, 1.807) is 19.3 Å². The van der Waals surface area contributed by atoms with E-state index in [1.807, 2.05) is 0 Å². The van der Waals surface area contributed by atoms with Crippen molar-refractivity contribution in [2.75, 3.05) is 7.05 Å². The minimum absolute atomic E-state index is 0.0814. The Morgan fingerprint density at radius 2 is 2.25 bits per heavy atom. The lowest BCUT2D eigenvalue weighted by atomic mass is 10.1. The van der Waals surface area contributed by atoms with Gasteiger partial charge in [0.05, 0.1) is 11.2 Å². The first-order chi connectivity index (χ1) is 7.72. The van der Waals surface area contributed by atoms with E-state index in [9.17, 15) is 4.39 Å². The molecule has 0 spiro atoms. The Balaban J connectivity index is 2.50. The lowest BCUT2D eigenvalue weighted by Crippen LogP contribution is -1.88. The lowest BCUT2D eigenvalue weighted by Gasteiger charge is -1.99. The highest BCUT2D eigenvalue weighted by Crippen LogP contribution is 2.23. The molecule has 0 radical (unpaired) electrons. The van der Waals surface area contributed by atoms with Crippen molar-refractivity contribution in [3.63, 3.8) is 0 Å². The second kappa shape index (κ2) is 4.40. The maximum atomic E-state index is 13.3. The summed E-state index contributed by atoms with van der Waals surface area (Å²) in [5, 5.41) is 10.4. The summed E-state index contributed by atoms with van der Waals surface area (Å²) in [5.41, 5.74) is 1.70. The van der Waals surface area contributed by atoms with Crippen LogP contribution in [0.15, 0.2) is 23.2 Å². The van der Waals surface area contributed by atoms with Gasteiger partial charge in [-0.2, -0.15) is 15.4 Å². The van der Waals surface area contributed by atoms with Crippen LogP contribution in [0.1, 0.15) is 5.69 Å². The van der Waals surface area contributed by atoms with Gasteiger partial charge in [-0.15, -0.1) is 0 Å². The summed E-state index contributed by atoms with van der Waals surface area (Å²) in [6.45, 7) is 0. The van der Waals surface area contributed by atoms with Gasteiger partial charge < -0.3 is 0 Å². The van der Waals surface area contributed by atoms with Crippen LogP contribution in [0, 0.1) is 5.82 Å². The Labute approximate surface area is 96.2 Å². The van der Waals surface area contributed by atoms with Crippen molar-refractivity contribution in [1.82, 2.24) is 15.4 Å². The molecule has 0 atom stereocenters. The molecular formula is C10H8ClFN4. The summed E-state index contributed by atoms with van der Waals surface area (Å²) in [5.74, 6) is -0.485. The van der Waals surface area contributed by atoms with Gasteiger partial charge >= 0.3 is 0 Å². The fourth-order valence-corrected chi connectivity index (χ4v) is 1.42. The monoisotopic (exact) mass is 238 g/mol. The van der Waals surface area contributed by atoms with Crippen molar-refractivity contribution < 1.29 is 4.39 Å². The van der Waals surface area contributed by atoms with Crippen LogP contribution in [0.5, 0.6) is 0 Å². The zero-order valence-corrected chi connectivity index (χ0v) is 9.16. The summed E-state index contributed by atoms with van der Waals surface area (Å²) in [7, 11) is 1.63. The number of hydrogen-bond acceptors (Lipinski definition) is 3. The number of benzene rings is 1. The van der Waals surface area contributed by atoms with Crippen molar-refractivity contribution >= 4 is 17.8 Å². The maximum absolute atomic E-state index is 13.3. The molecular weight excluding hydrogens is 231 g/mol. The topological polar surface area (TPSA) is 53.9 Å². The van der Waals surface area contributed by atoms with E-state index < -0.39 is 5.82 Å². The average Bonchev–Trinajstić information content (AvgIpc) is 2.71. The van der Waals surface area contributed by atoms with E-state index in [-0.39, 0.29) is 5.02 Å². The number of hydrogen-bond donors (Lipinski definition) is 1. The van der Waals surface area contributed by atoms with Gasteiger partial charge in [-0.3, -0.25) is 4.99 Å². The van der Waals surface area contributed by atoms with Gasteiger partial charge in [-0.05, 0) is 12.1 Å². The molecule has 2 rings (SSSR count). The van der Waals surface area contributed by atoms with E-state index in [0.29, 0.717) is 17.0 Å². The zero-order valence-electron chi connectivity index (χ0n) is 8.41. The SMILES string of the molecule is CN=Cc1n[nH]nc1-c1ccc(Cl)c(F)c1. The van der Waals surface area contributed by atoms with Crippen LogP contribution in [0.25, 0.3) is 11.3 Å². The molecule has 0 aliphatic carbocycles. The molecule has 0 saturated heterocycles. The van der Waals surface area contributed by atoms with Crippen molar-refractivity contribution in [1.29, 1.82) is 0 Å². The third-order valence-electron chi connectivity index (χ3n) is 2.02. The number of H-pyrrole nitrogens is 1. The second-order valence-electron chi connectivity index (χ2n) is 3.07. The highest BCUT2D eigenvalue weighted by atomic mass is 35.5. The molecule has 0 unspecified atom stereocenters. The average molecular weight is 239 g/mol. The van der Waals surface area contributed by atoms with Gasteiger partial charge in [-0.25, -0.2) is 4.39 Å². The summed E-state index contributed by atoms with van der Waals surface area (Å²) >= 11 is 5.60. The minimum atomic E-state index is -0.485. The van der Waals surface area contributed by atoms with Crippen molar-refractivity contribution in [3.8, 4) is 11.3 Å². The van der Waals surface area contributed by atoms with Crippen LogP contribution in [0.3, 0.4) is 0 Å². The predicted octanol–water partition coefficient (Wildman–Crippen LogP) is 2.31. The molecule has 0 aliphatic rings. The number of rotatable bonds is 2. The van der Waals surface area contributed by atoms with Gasteiger partial charge in [0.15, 0.2) is 0 Å². The normalized spacial score (nSPS) is 11.2. The molecule has 16 heavy (non-hydrogen) atoms. The summed E-state index contributed by atoms with van der Waals surface area (Å²) < 4.78 is 13.3. The van der Waals surface area contributed by atoms with E-state index >= 15 is 0 Å². The minimum Gasteiger partial charge on any atom is -0.294 e. The van der Waals surface area contributed by atoms with E-state index in [0.717, 1.165) is 0 Å². The van der Waals surface area contributed by atoms with Crippen LogP contribution >= 0.6 is 11.6 Å². The second-order valence-corrected chi connectivity index (χ2v) is 3.48. The summed E-state index contributed by atoms with van der Waals surface area (Å²) in [6.07, 6.45) is 1.55. The van der Waals surface area contributed by atoms with Crippen LogP contribution in [0.2, 0.25) is 5.02 Å². The Bertz CT molecular complexity index is 535. The predicted molar refractivity (Wildman–Crippen MR) is 60.3 cm³/mol. The highest BCUT2D eigenvalue weighted by Gasteiger charge is 2.10. The van der Waals surface area contributed by atoms with Crippen LogP contribution in [-0.2, 0) is 0 Å². The van der Waals surface area contributed by atoms with Gasteiger partial charge in [0.2, 0.25) is 0 Å². The fraction of sp³-hybridized carbons (Fsp3) is 0.100. The quantitative estimate of drug-likeness (QED) is 0.817. The molecule has 0 fully saturated rings. The standard InChI is InChI=1S/C10H8ClFN4/c1-13-5-9-10(15-16-14-9)6-2-3-7(11)8(12)4-6/h2-5H,1H3,(H,14,15,16). The molecule has 1 aromatic carbocycles. The maximum Gasteiger partial charge on any atom is 0.142 e. The van der Waals surface area contributed by atoms with Gasteiger partial charge in [-0.1, -0.05) is 17.7 Å². The number of nitrogens with one attached hydrogen (secondary N) is 1. The zero-order chi connectivity index (χ0) is 11.5. The number of aromatic amines is 1. The van der Waals surface area contributed by atoms with Gasteiger partial charge in [0.25, 0.3) is 0 Å². The number of aromatic nitrogens is 3. The number of halogens is 2. The summed E-state index contributed by atoms with van der Waals surface area (Å²) in [4.78, 5) is 3.84. The smallest absolute Gasteiger partial charge is 0.142 e. The molecule has 82 valence electrons. The van der Waals surface area contributed by atoms with E-state index in [4.69, 9.17) is 11.6 Å². The first-order valence-electron chi connectivity index (χ1n) is 4.50. The first kappa shape index (κ1) is 10.8. The van der Waals surface area contributed by atoms with Gasteiger partial charge in [0.1, 0.15) is 17.2 Å². The Hall–Kier alpha value is -1.75. The van der Waals surface area contributed by atoms with Crippen molar-refractivity contribution in [2.45, 2.75) is 0 Å². The third kappa shape index (κ3) is 1.94. The largest absolute Gasteiger partial charge is 0.294 e. The van der Waals surface area contributed by atoms with Gasteiger partial charge in [0, 0.05) is 12.6 Å². The number of nitrogens with zero attached hydrogens (tertiary/aromatic N) is 3. The molecule has 0 bridgehead atoms. The molecule has 1 aromatic heterocycles. The lowest BCUT2D eigenvalue weighted by molar-refractivity contribution is 0.628. The number of aliphatic imine (C=N–C) groups is 1. The van der Waals surface area contributed by atoms with Crippen LogP contribution in [-0.4, -0.2) is 28.7 Å². The Morgan fingerprint density at radius 1 is 1.44 bits per heavy atom. The van der Waals surface area contributed by atoms with E-state index in [2.05, 4.69) is 20.4 Å². The molecule has 4 nitrogen and oxygen atoms in total. The first-order valence-corrected chi connectivity index (χ1v) is 4.88. The highest BCUT2D eigenvalue weighted by molar-refractivity contribution is 6.30. The molecule has 6 heteroatoms. The fourth-order valence-electron chi connectivity index (χ4n) is 1.31. The van der Waals surface area contributed by atoms with Crippen LogP contribution < -0.4 is 0 Å². The molecule has 1 N–H and O–H groups in total. The van der Waals surface area contributed by atoms with Crippen molar-refractivity contribution in [3.05, 3.63) is 34.7 Å². The molecule has 0 amide bonds. The van der Waals surface area contributed by atoms with Crippen molar-refractivity contribution in [2.24, 2.45) is 4.99 Å².